The van der Waals surface area contributed by atoms with Gasteiger partial charge in [-0.15, -0.1) is 5.10 Å². The van der Waals surface area contributed by atoms with Crippen LogP contribution in [0.3, 0.4) is 0 Å². The standard InChI is InChI=1S/C18H18N6OS3/c25-15(22-9-11-23(12-10-22)16-19-7-4-8-20-16)13-27-17-21-24(18(26)28-17)14-5-2-1-3-6-14/h1-8H,9-13H2. The largest absolute Gasteiger partial charge is 0.338 e. The van der Waals surface area contributed by atoms with E-state index < -0.39 is 0 Å². The van der Waals surface area contributed by atoms with Crippen LogP contribution in [-0.4, -0.2) is 62.5 Å². The molecule has 10 heteroatoms. The smallest absolute Gasteiger partial charge is 0.233 e. The molecule has 1 aliphatic heterocycles. The molecule has 1 amide bonds. The van der Waals surface area contributed by atoms with Gasteiger partial charge in [-0.25, -0.2) is 14.6 Å². The van der Waals surface area contributed by atoms with Crippen molar-refractivity contribution in [3.8, 4) is 5.69 Å². The predicted molar refractivity (Wildman–Crippen MR) is 114 cm³/mol. The van der Waals surface area contributed by atoms with Gasteiger partial charge in [-0.1, -0.05) is 41.3 Å². The number of aromatic nitrogens is 4. The van der Waals surface area contributed by atoms with Crippen LogP contribution in [0.4, 0.5) is 5.95 Å². The Morgan fingerprint density at radius 3 is 2.50 bits per heavy atom. The van der Waals surface area contributed by atoms with Crippen molar-refractivity contribution in [2.45, 2.75) is 4.34 Å². The minimum atomic E-state index is 0.117. The van der Waals surface area contributed by atoms with E-state index in [1.807, 2.05) is 35.2 Å². The Morgan fingerprint density at radius 1 is 1.07 bits per heavy atom. The molecule has 0 radical (unpaired) electrons. The van der Waals surface area contributed by atoms with Crippen molar-refractivity contribution < 1.29 is 4.79 Å². The number of carbonyl (C=O) groups is 1. The third kappa shape index (κ3) is 4.40. The molecule has 0 spiro atoms. The van der Waals surface area contributed by atoms with Gasteiger partial charge >= 0.3 is 0 Å². The number of para-hydroxylation sites is 1. The lowest BCUT2D eigenvalue weighted by Gasteiger charge is -2.34. The zero-order valence-corrected chi connectivity index (χ0v) is 17.4. The molecular weight excluding hydrogens is 412 g/mol. The molecule has 0 saturated carbocycles. The van der Waals surface area contributed by atoms with E-state index in [0.29, 0.717) is 22.8 Å². The number of nitrogens with zero attached hydrogens (tertiary/aromatic N) is 6. The van der Waals surface area contributed by atoms with Crippen molar-refractivity contribution in [3.05, 3.63) is 52.7 Å². The summed E-state index contributed by atoms with van der Waals surface area (Å²) in [6.07, 6.45) is 3.47. The SMILES string of the molecule is O=C(CSc1nn(-c2ccccc2)c(=S)s1)N1CCN(c2ncccn2)CC1. The molecule has 3 aromatic rings. The number of hydrogen-bond acceptors (Lipinski definition) is 8. The average molecular weight is 431 g/mol. The molecule has 28 heavy (non-hydrogen) atoms. The van der Waals surface area contributed by atoms with Gasteiger partial charge in [0.2, 0.25) is 11.9 Å². The number of amides is 1. The number of anilines is 1. The fraction of sp³-hybridized carbons (Fsp3) is 0.278. The van der Waals surface area contributed by atoms with Crippen LogP contribution in [0, 0.1) is 3.95 Å². The lowest BCUT2D eigenvalue weighted by Crippen LogP contribution is -2.49. The Kier molecular flexibility index (Phi) is 5.98. The lowest BCUT2D eigenvalue weighted by molar-refractivity contribution is -0.128. The summed E-state index contributed by atoms with van der Waals surface area (Å²) >= 11 is 8.28. The third-order valence-corrected chi connectivity index (χ3v) is 6.67. The number of carbonyl (C=O) groups excluding carboxylic acids is 1. The Hall–Kier alpha value is -2.30. The minimum absolute atomic E-state index is 0.117. The highest BCUT2D eigenvalue weighted by atomic mass is 32.2. The number of thioether (sulfide) groups is 1. The van der Waals surface area contributed by atoms with Gasteiger partial charge in [0.05, 0.1) is 11.4 Å². The summed E-state index contributed by atoms with van der Waals surface area (Å²) in [7, 11) is 0. The highest BCUT2D eigenvalue weighted by molar-refractivity contribution is 8.01. The first-order chi connectivity index (χ1) is 13.7. The van der Waals surface area contributed by atoms with Crippen molar-refractivity contribution in [1.29, 1.82) is 0 Å². The normalized spacial score (nSPS) is 14.3. The van der Waals surface area contributed by atoms with Crippen molar-refractivity contribution >= 4 is 47.2 Å². The second kappa shape index (κ2) is 8.80. The molecule has 144 valence electrons. The van der Waals surface area contributed by atoms with Gasteiger partial charge in [0.1, 0.15) is 0 Å². The summed E-state index contributed by atoms with van der Waals surface area (Å²) in [4.78, 5) is 25.1. The summed E-state index contributed by atoms with van der Waals surface area (Å²) in [5.41, 5.74) is 0.932. The van der Waals surface area contributed by atoms with Gasteiger partial charge in [-0.3, -0.25) is 4.79 Å². The number of piperazine rings is 1. The third-order valence-electron chi connectivity index (χ3n) is 4.32. The van der Waals surface area contributed by atoms with Crippen molar-refractivity contribution in [1.82, 2.24) is 24.6 Å². The van der Waals surface area contributed by atoms with Crippen LogP contribution in [0.5, 0.6) is 0 Å². The first-order valence-electron chi connectivity index (χ1n) is 8.79. The van der Waals surface area contributed by atoms with Gasteiger partial charge in [0, 0.05) is 38.6 Å². The van der Waals surface area contributed by atoms with E-state index in [0.717, 1.165) is 29.1 Å². The highest BCUT2D eigenvalue weighted by Crippen LogP contribution is 2.24. The Bertz CT molecular complexity index is 983. The Morgan fingerprint density at radius 2 is 1.79 bits per heavy atom. The van der Waals surface area contributed by atoms with Gasteiger partial charge < -0.3 is 9.80 Å². The summed E-state index contributed by atoms with van der Waals surface area (Å²) in [5.74, 6) is 1.19. The van der Waals surface area contributed by atoms with Gasteiger partial charge in [0.25, 0.3) is 0 Å². The van der Waals surface area contributed by atoms with E-state index in [1.165, 1.54) is 23.1 Å². The molecule has 1 fully saturated rings. The molecule has 4 rings (SSSR count). The van der Waals surface area contributed by atoms with Crippen molar-refractivity contribution in [3.63, 3.8) is 0 Å². The first-order valence-corrected chi connectivity index (χ1v) is 11.0. The molecule has 1 aromatic carbocycles. The van der Waals surface area contributed by atoms with Crippen LogP contribution in [0.15, 0.2) is 53.1 Å². The summed E-state index contributed by atoms with van der Waals surface area (Å²) < 4.78 is 3.22. The molecule has 0 aliphatic carbocycles. The zero-order valence-electron chi connectivity index (χ0n) is 15.0. The van der Waals surface area contributed by atoms with E-state index in [-0.39, 0.29) is 5.91 Å². The lowest BCUT2D eigenvalue weighted by atomic mass is 10.3. The number of rotatable bonds is 5. The second-order valence-corrected chi connectivity index (χ2v) is 8.93. The van der Waals surface area contributed by atoms with E-state index in [9.17, 15) is 4.79 Å². The van der Waals surface area contributed by atoms with Crippen molar-refractivity contribution in [2.75, 3.05) is 36.8 Å². The molecule has 3 heterocycles. The second-order valence-electron chi connectivity index (χ2n) is 6.09. The highest BCUT2D eigenvalue weighted by Gasteiger charge is 2.22. The number of benzene rings is 1. The van der Waals surface area contributed by atoms with E-state index >= 15 is 0 Å². The van der Waals surface area contributed by atoms with Gasteiger partial charge in [0.15, 0.2) is 8.29 Å². The predicted octanol–water partition coefficient (Wildman–Crippen LogP) is 2.89. The number of hydrogen-bond donors (Lipinski definition) is 0. The quantitative estimate of drug-likeness (QED) is 0.455. The molecule has 0 bridgehead atoms. The fourth-order valence-electron chi connectivity index (χ4n) is 2.88. The zero-order chi connectivity index (χ0) is 19.3. The molecule has 0 unspecified atom stereocenters. The van der Waals surface area contributed by atoms with Crippen LogP contribution in [0.2, 0.25) is 0 Å². The molecule has 1 aliphatic rings. The topological polar surface area (TPSA) is 67.2 Å². The van der Waals surface area contributed by atoms with E-state index in [4.69, 9.17) is 12.2 Å². The Balaban J connectivity index is 1.31. The molecule has 2 aromatic heterocycles. The van der Waals surface area contributed by atoms with Crippen LogP contribution in [0.25, 0.3) is 5.69 Å². The van der Waals surface area contributed by atoms with Gasteiger partial charge in [-0.2, -0.15) is 0 Å². The molecule has 0 atom stereocenters. The first kappa shape index (κ1) is 19.0. The summed E-state index contributed by atoms with van der Waals surface area (Å²) in [6.45, 7) is 2.82. The molecular formula is C18H18N6OS3. The van der Waals surface area contributed by atoms with Crippen LogP contribution in [0.1, 0.15) is 0 Å². The van der Waals surface area contributed by atoms with Crippen molar-refractivity contribution in [2.24, 2.45) is 0 Å². The van der Waals surface area contributed by atoms with Crippen LogP contribution < -0.4 is 4.90 Å². The average Bonchev–Trinajstić information content (AvgIpc) is 3.14. The van der Waals surface area contributed by atoms with Crippen LogP contribution >= 0.6 is 35.3 Å². The molecule has 0 N–H and O–H groups in total. The van der Waals surface area contributed by atoms with Crippen LogP contribution in [-0.2, 0) is 4.79 Å². The Labute approximate surface area is 176 Å². The molecule has 1 saturated heterocycles. The van der Waals surface area contributed by atoms with E-state index in [2.05, 4.69) is 20.0 Å². The van der Waals surface area contributed by atoms with E-state index in [1.54, 1.807) is 23.1 Å². The maximum atomic E-state index is 12.6. The monoisotopic (exact) mass is 430 g/mol. The minimum Gasteiger partial charge on any atom is -0.338 e. The maximum Gasteiger partial charge on any atom is 0.233 e. The molecule has 7 nitrogen and oxygen atoms in total. The van der Waals surface area contributed by atoms with Gasteiger partial charge in [-0.05, 0) is 30.4 Å². The maximum absolute atomic E-state index is 12.6. The summed E-state index contributed by atoms with van der Waals surface area (Å²) in [5, 5.41) is 4.55. The summed E-state index contributed by atoms with van der Waals surface area (Å²) in [6, 6.07) is 11.6. The fourth-order valence-corrected chi connectivity index (χ4v) is 5.14.